The fourth-order valence-corrected chi connectivity index (χ4v) is 1.88. The minimum Gasteiger partial charge on any atom is -0.458 e. The van der Waals surface area contributed by atoms with Crippen LogP contribution in [-0.2, 0) is 9.47 Å². The molecule has 22 heavy (non-hydrogen) atoms. The standard InChI is InChI=1S/C17H15ClO4/c18-11-15(22-17(20)14-9-5-2-6-10-14)12-21-16(19)13-7-3-1-4-8-13/h1-10,15H,11-12H2/t15-/m1/s1. The predicted molar refractivity (Wildman–Crippen MR) is 83.1 cm³/mol. The van der Waals surface area contributed by atoms with Crippen molar-refractivity contribution in [1.82, 2.24) is 0 Å². The van der Waals surface area contributed by atoms with Crippen LogP contribution in [0.1, 0.15) is 20.7 Å². The molecule has 0 aromatic heterocycles. The van der Waals surface area contributed by atoms with Crippen molar-refractivity contribution in [3.8, 4) is 0 Å². The first-order valence-electron chi connectivity index (χ1n) is 6.75. The number of rotatable bonds is 6. The van der Waals surface area contributed by atoms with Gasteiger partial charge in [0.15, 0.2) is 0 Å². The van der Waals surface area contributed by atoms with Crippen molar-refractivity contribution in [3.63, 3.8) is 0 Å². The van der Waals surface area contributed by atoms with Gasteiger partial charge in [0, 0.05) is 0 Å². The maximum atomic E-state index is 11.9. The zero-order valence-corrected chi connectivity index (χ0v) is 12.5. The molecule has 1 atom stereocenters. The van der Waals surface area contributed by atoms with Crippen LogP contribution >= 0.6 is 11.6 Å². The molecule has 114 valence electrons. The molecule has 4 nitrogen and oxygen atoms in total. The van der Waals surface area contributed by atoms with Crippen molar-refractivity contribution in [2.24, 2.45) is 0 Å². The third-order valence-corrected chi connectivity index (χ3v) is 3.21. The lowest BCUT2D eigenvalue weighted by Crippen LogP contribution is -2.26. The van der Waals surface area contributed by atoms with Crippen LogP contribution in [0, 0.1) is 0 Å². The van der Waals surface area contributed by atoms with E-state index in [-0.39, 0.29) is 12.5 Å². The topological polar surface area (TPSA) is 52.6 Å². The minimum atomic E-state index is -0.693. The Morgan fingerprint density at radius 1 is 0.864 bits per heavy atom. The Labute approximate surface area is 133 Å². The van der Waals surface area contributed by atoms with E-state index in [0.29, 0.717) is 11.1 Å². The summed E-state index contributed by atoms with van der Waals surface area (Å²) in [7, 11) is 0. The quantitative estimate of drug-likeness (QED) is 0.605. The molecule has 0 aliphatic rings. The molecule has 2 rings (SSSR count). The number of halogens is 1. The van der Waals surface area contributed by atoms with E-state index in [1.54, 1.807) is 60.7 Å². The molecule has 0 radical (unpaired) electrons. The first kappa shape index (κ1) is 16.0. The third kappa shape index (κ3) is 4.60. The van der Waals surface area contributed by atoms with Gasteiger partial charge in [0.25, 0.3) is 0 Å². The van der Waals surface area contributed by atoms with Crippen molar-refractivity contribution in [2.45, 2.75) is 6.10 Å². The largest absolute Gasteiger partial charge is 0.458 e. The number of hydrogen-bond donors (Lipinski definition) is 0. The van der Waals surface area contributed by atoms with Crippen LogP contribution in [0.15, 0.2) is 60.7 Å². The maximum Gasteiger partial charge on any atom is 0.338 e. The minimum absolute atomic E-state index is 0.0423. The van der Waals surface area contributed by atoms with Crippen LogP contribution in [0.3, 0.4) is 0 Å². The third-order valence-electron chi connectivity index (χ3n) is 2.87. The van der Waals surface area contributed by atoms with E-state index < -0.39 is 18.0 Å². The van der Waals surface area contributed by atoms with E-state index in [4.69, 9.17) is 21.1 Å². The van der Waals surface area contributed by atoms with Crippen LogP contribution in [0.4, 0.5) is 0 Å². The summed E-state index contributed by atoms with van der Waals surface area (Å²) in [5.74, 6) is -0.936. The highest BCUT2D eigenvalue weighted by Gasteiger charge is 2.17. The molecule has 0 spiro atoms. The first-order chi connectivity index (χ1) is 10.7. The van der Waals surface area contributed by atoms with Crippen molar-refractivity contribution in [1.29, 1.82) is 0 Å². The van der Waals surface area contributed by atoms with Gasteiger partial charge in [-0.15, -0.1) is 11.6 Å². The summed E-state index contributed by atoms with van der Waals surface area (Å²) >= 11 is 5.76. The molecule has 2 aromatic carbocycles. The van der Waals surface area contributed by atoms with Gasteiger partial charge in [0.2, 0.25) is 0 Å². The number of alkyl halides is 1. The molecule has 0 aliphatic carbocycles. The number of carbonyl (C=O) groups is 2. The molecule has 0 saturated heterocycles. The molecule has 2 aromatic rings. The molecular weight excluding hydrogens is 304 g/mol. The molecule has 0 saturated carbocycles. The molecule has 0 N–H and O–H groups in total. The summed E-state index contributed by atoms with van der Waals surface area (Å²) < 4.78 is 10.3. The van der Waals surface area contributed by atoms with Crippen LogP contribution in [-0.4, -0.2) is 30.5 Å². The molecule has 0 unspecified atom stereocenters. The van der Waals surface area contributed by atoms with Gasteiger partial charge in [0.1, 0.15) is 12.7 Å². The van der Waals surface area contributed by atoms with Crippen LogP contribution in [0.2, 0.25) is 0 Å². The molecule has 0 bridgehead atoms. The Bertz CT molecular complexity index is 613. The van der Waals surface area contributed by atoms with Gasteiger partial charge in [0.05, 0.1) is 17.0 Å². The number of benzene rings is 2. The van der Waals surface area contributed by atoms with Gasteiger partial charge in [-0.05, 0) is 24.3 Å². The molecule has 5 heteroatoms. The zero-order chi connectivity index (χ0) is 15.8. The molecule has 0 heterocycles. The van der Waals surface area contributed by atoms with Crippen molar-refractivity contribution in [2.75, 3.05) is 12.5 Å². The molecule has 0 amide bonds. The molecule has 0 fully saturated rings. The van der Waals surface area contributed by atoms with Gasteiger partial charge >= 0.3 is 11.9 Å². The lowest BCUT2D eigenvalue weighted by Gasteiger charge is -2.15. The number of esters is 2. The summed E-state index contributed by atoms with van der Waals surface area (Å²) in [5.41, 5.74) is 0.859. The highest BCUT2D eigenvalue weighted by atomic mass is 35.5. The van der Waals surface area contributed by atoms with E-state index in [1.807, 2.05) is 0 Å². The van der Waals surface area contributed by atoms with E-state index >= 15 is 0 Å². The zero-order valence-electron chi connectivity index (χ0n) is 11.8. The first-order valence-corrected chi connectivity index (χ1v) is 7.28. The highest BCUT2D eigenvalue weighted by Crippen LogP contribution is 2.07. The van der Waals surface area contributed by atoms with Crippen molar-refractivity contribution >= 4 is 23.5 Å². The lowest BCUT2D eigenvalue weighted by atomic mass is 10.2. The summed E-state index contributed by atoms with van der Waals surface area (Å²) in [6.45, 7) is -0.0875. The van der Waals surface area contributed by atoms with E-state index in [0.717, 1.165) is 0 Å². The van der Waals surface area contributed by atoms with Gasteiger partial charge in [-0.1, -0.05) is 36.4 Å². The highest BCUT2D eigenvalue weighted by molar-refractivity contribution is 6.18. The van der Waals surface area contributed by atoms with Gasteiger partial charge < -0.3 is 9.47 Å². The predicted octanol–water partition coefficient (Wildman–Crippen LogP) is 3.31. The van der Waals surface area contributed by atoms with Gasteiger partial charge in [-0.2, -0.15) is 0 Å². The second-order valence-corrected chi connectivity index (χ2v) is 4.82. The Morgan fingerprint density at radius 3 is 1.86 bits per heavy atom. The Kier molecular flexibility index (Phi) is 5.98. The molecule has 0 aliphatic heterocycles. The molecular formula is C17H15ClO4. The number of carbonyl (C=O) groups excluding carboxylic acids is 2. The monoisotopic (exact) mass is 318 g/mol. The number of hydrogen-bond acceptors (Lipinski definition) is 4. The Balaban J connectivity index is 1.87. The maximum absolute atomic E-state index is 11.9. The summed E-state index contributed by atoms with van der Waals surface area (Å²) in [4.78, 5) is 23.7. The number of ether oxygens (including phenoxy) is 2. The lowest BCUT2D eigenvalue weighted by molar-refractivity contribution is 0.00536. The second kappa shape index (κ2) is 8.20. The smallest absolute Gasteiger partial charge is 0.338 e. The van der Waals surface area contributed by atoms with Crippen LogP contribution in [0.25, 0.3) is 0 Å². The van der Waals surface area contributed by atoms with Crippen LogP contribution < -0.4 is 0 Å². The average Bonchev–Trinajstić information content (AvgIpc) is 2.59. The Hall–Kier alpha value is -2.33. The fraction of sp³-hybridized carbons (Fsp3) is 0.176. The van der Waals surface area contributed by atoms with Crippen molar-refractivity contribution in [3.05, 3.63) is 71.8 Å². The van der Waals surface area contributed by atoms with E-state index in [9.17, 15) is 9.59 Å². The summed E-state index contributed by atoms with van der Waals surface area (Å²) in [6, 6.07) is 17.1. The van der Waals surface area contributed by atoms with Crippen molar-refractivity contribution < 1.29 is 19.1 Å². The SMILES string of the molecule is O=C(OC[C@@H](CCl)OC(=O)c1ccccc1)c1ccccc1. The summed E-state index contributed by atoms with van der Waals surface area (Å²) in [5, 5.41) is 0. The summed E-state index contributed by atoms with van der Waals surface area (Å²) in [6.07, 6.45) is -0.693. The van der Waals surface area contributed by atoms with E-state index in [1.165, 1.54) is 0 Å². The van der Waals surface area contributed by atoms with Gasteiger partial charge in [-0.3, -0.25) is 0 Å². The normalized spacial score (nSPS) is 11.5. The van der Waals surface area contributed by atoms with E-state index in [2.05, 4.69) is 0 Å². The Morgan fingerprint density at radius 2 is 1.36 bits per heavy atom. The second-order valence-electron chi connectivity index (χ2n) is 4.51. The van der Waals surface area contributed by atoms with Gasteiger partial charge in [-0.25, -0.2) is 9.59 Å². The van der Waals surface area contributed by atoms with Crippen LogP contribution in [0.5, 0.6) is 0 Å². The average molecular weight is 319 g/mol. The fourth-order valence-electron chi connectivity index (χ4n) is 1.73.